The molecular formula is C21H21F2N3O3. The first-order chi connectivity index (χ1) is 13.9. The molecule has 3 rings (SSSR count). The van der Waals surface area contributed by atoms with Gasteiger partial charge in [0.25, 0.3) is 0 Å². The summed E-state index contributed by atoms with van der Waals surface area (Å²) < 4.78 is 32.6. The molecule has 0 fully saturated rings. The molecule has 6 nitrogen and oxygen atoms in total. The molecule has 0 spiro atoms. The van der Waals surface area contributed by atoms with Gasteiger partial charge < -0.3 is 19.9 Å². The minimum Gasteiger partial charge on any atom is -0.497 e. The molecule has 8 heteroatoms. The first-order valence-corrected chi connectivity index (χ1v) is 9.08. The number of benzene rings is 2. The number of fused-ring (bicyclic) bond motifs is 1. The Morgan fingerprint density at radius 3 is 2.55 bits per heavy atom. The van der Waals surface area contributed by atoms with Gasteiger partial charge in [-0.2, -0.15) is 0 Å². The van der Waals surface area contributed by atoms with Crippen molar-refractivity contribution in [1.29, 1.82) is 0 Å². The topological polar surface area (TPSA) is 74.4 Å². The summed E-state index contributed by atoms with van der Waals surface area (Å²) in [7, 11) is 1.56. The maximum absolute atomic E-state index is 13.7. The van der Waals surface area contributed by atoms with Gasteiger partial charge in [-0.05, 0) is 42.8 Å². The number of aromatic nitrogens is 1. The number of carbonyl (C=O) groups excluding carboxylic acids is 2. The molecule has 0 aliphatic heterocycles. The van der Waals surface area contributed by atoms with Gasteiger partial charge in [0.05, 0.1) is 20.1 Å². The van der Waals surface area contributed by atoms with Gasteiger partial charge in [0, 0.05) is 23.6 Å². The number of likely N-dealkylation sites (N-methyl/N-ethyl adjacent to an activating group) is 1. The highest BCUT2D eigenvalue weighted by molar-refractivity contribution is 5.96. The molecule has 152 valence electrons. The number of nitrogens with one attached hydrogen (secondary N) is 2. The van der Waals surface area contributed by atoms with Crippen LogP contribution < -0.4 is 10.1 Å². The number of H-pyrrole nitrogens is 1. The van der Waals surface area contributed by atoms with Crippen molar-refractivity contribution in [1.82, 2.24) is 9.88 Å². The summed E-state index contributed by atoms with van der Waals surface area (Å²) >= 11 is 0. The third-order valence-electron chi connectivity index (χ3n) is 4.61. The molecule has 2 N–H and O–H groups in total. The number of hydrogen-bond donors (Lipinski definition) is 2. The van der Waals surface area contributed by atoms with E-state index in [2.05, 4.69) is 10.3 Å². The average Bonchev–Trinajstić information content (AvgIpc) is 3.10. The van der Waals surface area contributed by atoms with Gasteiger partial charge >= 0.3 is 0 Å². The molecule has 1 aromatic heterocycles. The molecule has 29 heavy (non-hydrogen) atoms. The number of halogens is 2. The lowest BCUT2D eigenvalue weighted by molar-refractivity contribution is -0.133. The van der Waals surface area contributed by atoms with Gasteiger partial charge in [-0.3, -0.25) is 9.59 Å². The zero-order chi connectivity index (χ0) is 21.0. The zero-order valence-corrected chi connectivity index (χ0v) is 16.1. The molecule has 2 aromatic carbocycles. The monoisotopic (exact) mass is 401 g/mol. The summed E-state index contributed by atoms with van der Waals surface area (Å²) in [6.45, 7) is 1.69. The molecular weight excluding hydrogens is 380 g/mol. The van der Waals surface area contributed by atoms with Crippen LogP contribution in [0.5, 0.6) is 5.75 Å². The predicted molar refractivity (Wildman–Crippen MR) is 106 cm³/mol. The summed E-state index contributed by atoms with van der Waals surface area (Å²) in [4.78, 5) is 29.4. The van der Waals surface area contributed by atoms with E-state index in [-0.39, 0.29) is 25.4 Å². The van der Waals surface area contributed by atoms with Gasteiger partial charge in [0.2, 0.25) is 11.8 Å². The lowest BCUT2D eigenvalue weighted by Gasteiger charge is -2.20. The normalized spacial score (nSPS) is 10.8. The van der Waals surface area contributed by atoms with Crippen LogP contribution in [0.2, 0.25) is 0 Å². The van der Waals surface area contributed by atoms with Crippen molar-refractivity contribution in [3.05, 3.63) is 59.8 Å². The molecule has 2 amide bonds. The Morgan fingerprint density at radius 1 is 1.17 bits per heavy atom. The summed E-state index contributed by atoms with van der Waals surface area (Å²) in [5, 5.41) is 3.05. The maximum Gasteiger partial charge on any atom is 0.244 e. The number of carbonyl (C=O) groups is 2. The fraction of sp³-hybridized carbons (Fsp3) is 0.238. The SMILES string of the molecule is CCN(CC(=O)Nc1c(F)cccc1F)C(=O)Cc1c[nH]c2ccc(OC)cc12. The Labute approximate surface area is 166 Å². The van der Waals surface area contributed by atoms with E-state index in [0.29, 0.717) is 5.75 Å². The third-order valence-corrected chi connectivity index (χ3v) is 4.61. The van der Waals surface area contributed by atoms with E-state index >= 15 is 0 Å². The summed E-state index contributed by atoms with van der Waals surface area (Å²) in [6.07, 6.45) is 1.81. The minimum atomic E-state index is -0.875. The number of aromatic amines is 1. The quantitative estimate of drug-likeness (QED) is 0.637. The highest BCUT2D eigenvalue weighted by Crippen LogP contribution is 2.24. The van der Waals surface area contributed by atoms with Crippen molar-refractivity contribution in [3.63, 3.8) is 0 Å². The molecule has 0 aliphatic carbocycles. The molecule has 0 bridgehead atoms. The Bertz CT molecular complexity index is 1030. The second-order valence-electron chi connectivity index (χ2n) is 6.45. The second kappa shape index (κ2) is 8.72. The first-order valence-electron chi connectivity index (χ1n) is 9.08. The van der Waals surface area contributed by atoms with Crippen LogP contribution in [0.4, 0.5) is 14.5 Å². The van der Waals surface area contributed by atoms with E-state index < -0.39 is 23.2 Å². The van der Waals surface area contributed by atoms with Gasteiger partial charge in [-0.1, -0.05) is 6.07 Å². The minimum absolute atomic E-state index is 0.0718. The van der Waals surface area contributed by atoms with Gasteiger partial charge in [-0.25, -0.2) is 8.78 Å². The highest BCUT2D eigenvalue weighted by Gasteiger charge is 2.19. The number of methoxy groups -OCH3 is 1. The van der Waals surface area contributed by atoms with Gasteiger partial charge in [0.15, 0.2) is 0 Å². The van der Waals surface area contributed by atoms with Crippen LogP contribution in [0.25, 0.3) is 10.9 Å². The third kappa shape index (κ3) is 4.53. The average molecular weight is 401 g/mol. The van der Waals surface area contributed by atoms with E-state index in [0.717, 1.165) is 28.6 Å². The maximum atomic E-state index is 13.7. The number of para-hydroxylation sites is 1. The summed E-state index contributed by atoms with van der Waals surface area (Å²) in [6, 6.07) is 8.81. The van der Waals surface area contributed by atoms with Crippen LogP contribution in [0, 0.1) is 11.6 Å². The fourth-order valence-electron chi connectivity index (χ4n) is 3.05. The first kappa shape index (κ1) is 20.3. The van der Waals surface area contributed by atoms with Crippen molar-refractivity contribution in [2.24, 2.45) is 0 Å². The largest absolute Gasteiger partial charge is 0.497 e. The second-order valence-corrected chi connectivity index (χ2v) is 6.45. The van der Waals surface area contributed by atoms with E-state index in [1.54, 1.807) is 20.2 Å². The molecule has 0 aliphatic rings. The number of rotatable bonds is 7. The molecule has 0 radical (unpaired) electrons. The lowest BCUT2D eigenvalue weighted by atomic mass is 10.1. The van der Waals surface area contributed by atoms with E-state index in [4.69, 9.17) is 4.74 Å². The molecule has 3 aromatic rings. The Balaban J connectivity index is 1.70. The van der Waals surface area contributed by atoms with Crippen LogP contribution in [0.15, 0.2) is 42.6 Å². The van der Waals surface area contributed by atoms with Crippen molar-refractivity contribution in [2.45, 2.75) is 13.3 Å². The van der Waals surface area contributed by atoms with Crippen LogP contribution >= 0.6 is 0 Å². The highest BCUT2D eigenvalue weighted by atomic mass is 19.1. The van der Waals surface area contributed by atoms with Crippen LogP contribution in [-0.4, -0.2) is 41.9 Å². The zero-order valence-electron chi connectivity index (χ0n) is 16.1. The standard InChI is InChI=1S/C21H21F2N3O3/c1-3-26(12-19(27)25-21-16(22)5-4-6-17(21)23)20(28)9-13-11-24-18-8-7-14(29-2)10-15(13)18/h4-8,10-11,24H,3,9,12H2,1-2H3,(H,25,27). The van der Waals surface area contributed by atoms with Crippen molar-refractivity contribution in [2.75, 3.05) is 25.5 Å². The molecule has 0 saturated heterocycles. The molecule has 0 atom stereocenters. The number of anilines is 1. The Morgan fingerprint density at radius 2 is 1.90 bits per heavy atom. The van der Waals surface area contributed by atoms with Gasteiger partial charge in [0.1, 0.15) is 23.1 Å². The Kier molecular flexibility index (Phi) is 6.11. The van der Waals surface area contributed by atoms with Crippen molar-refractivity contribution < 1.29 is 23.1 Å². The van der Waals surface area contributed by atoms with Crippen LogP contribution in [0.1, 0.15) is 12.5 Å². The summed E-state index contributed by atoms with van der Waals surface area (Å²) in [5.41, 5.74) is 1.11. The van der Waals surface area contributed by atoms with Gasteiger partial charge in [-0.15, -0.1) is 0 Å². The lowest BCUT2D eigenvalue weighted by Crippen LogP contribution is -2.38. The van der Waals surface area contributed by atoms with Crippen molar-refractivity contribution >= 4 is 28.4 Å². The van der Waals surface area contributed by atoms with E-state index in [1.807, 2.05) is 18.2 Å². The predicted octanol–water partition coefficient (Wildman–Crippen LogP) is 3.48. The van der Waals surface area contributed by atoms with Crippen LogP contribution in [-0.2, 0) is 16.0 Å². The smallest absolute Gasteiger partial charge is 0.244 e. The number of hydrogen-bond acceptors (Lipinski definition) is 3. The van der Waals surface area contributed by atoms with Crippen molar-refractivity contribution in [3.8, 4) is 5.75 Å². The molecule has 0 unspecified atom stereocenters. The molecule has 1 heterocycles. The van der Waals surface area contributed by atoms with Crippen LogP contribution in [0.3, 0.4) is 0 Å². The molecule has 0 saturated carbocycles. The van der Waals surface area contributed by atoms with E-state index in [1.165, 1.54) is 11.0 Å². The number of amides is 2. The fourth-order valence-corrected chi connectivity index (χ4v) is 3.05. The summed E-state index contributed by atoms with van der Waals surface area (Å²) in [5.74, 6) is -2.03. The van der Waals surface area contributed by atoms with E-state index in [9.17, 15) is 18.4 Å². The Hall–Kier alpha value is -3.42. The number of nitrogens with zero attached hydrogens (tertiary/aromatic N) is 1. The number of ether oxygens (including phenoxy) is 1.